The normalized spacial score (nSPS) is 12.9. The molecule has 0 fully saturated rings. The van der Waals surface area contributed by atoms with Gasteiger partial charge in [0.05, 0.1) is 18.8 Å². The van der Waals surface area contributed by atoms with Crippen LogP contribution < -0.4 is 10.5 Å². The molecule has 0 amide bonds. The number of ether oxygens (including phenoxy) is 2. The molecule has 0 bridgehead atoms. The van der Waals surface area contributed by atoms with E-state index >= 15 is 0 Å². The van der Waals surface area contributed by atoms with Gasteiger partial charge in [-0.05, 0) is 66.8 Å². The molecular weight excluding hydrogens is 548 g/mol. The van der Waals surface area contributed by atoms with Crippen LogP contribution >= 0.6 is 11.3 Å². The first-order chi connectivity index (χ1) is 20.3. The molecule has 3 aromatic carbocycles. The van der Waals surface area contributed by atoms with E-state index in [-0.39, 0.29) is 12.0 Å². The zero-order chi connectivity index (χ0) is 30.3. The Morgan fingerprint density at radius 3 is 2.24 bits per heavy atom. The fourth-order valence-corrected chi connectivity index (χ4v) is 4.68. The number of nitrogens with zero attached hydrogens (tertiary/aromatic N) is 1. The number of nitrogens with two attached hydrogens (primary N) is 1. The van der Waals surface area contributed by atoms with Crippen LogP contribution in [0.2, 0.25) is 0 Å². The predicted octanol–water partition coefficient (Wildman–Crippen LogP) is 6.41. The van der Waals surface area contributed by atoms with Crippen molar-refractivity contribution >= 4 is 29.7 Å². The van der Waals surface area contributed by atoms with Crippen molar-refractivity contribution in [3.05, 3.63) is 135 Å². The smallest absolute Gasteiger partial charge is 0.333 e. The highest BCUT2D eigenvalue weighted by Crippen LogP contribution is 2.23. The van der Waals surface area contributed by atoms with E-state index in [1.54, 1.807) is 37.3 Å². The van der Waals surface area contributed by atoms with Gasteiger partial charge >= 0.3 is 5.97 Å². The van der Waals surface area contributed by atoms with Gasteiger partial charge in [-0.1, -0.05) is 72.8 Å². The SMILES string of the molecule is COC(=O)/C(C)=C\C(C)=C\c1csc([C@@H](N)Cc2ccc(OCc3ccccc3)cc2)n1.O=CC(O)c1ccccc1. The highest BCUT2D eigenvalue weighted by molar-refractivity contribution is 7.09. The summed E-state index contributed by atoms with van der Waals surface area (Å²) < 4.78 is 10.6. The quantitative estimate of drug-likeness (QED) is 0.0907. The van der Waals surface area contributed by atoms with Crippen LogP contribution in [-0.4, -0.2) is 29.5 Å². The third-order valence-corrected chi connectivity index (χ3v) is 7.08. The number of thiazole rings is 1. The van der Waals surface area contributed by atoms with Crippen LogP contribution in [-0.2, 0) is 27.4 Å². The van der Waals surface area contributed by atoms with Crippen LogP contribution in [0.15, 0.2) is 108 Å². The zero-order valence-corrected chi connectivity index (χ0v) is 24.8. The van der Waals surface area contributed by atoms with Crippen LogP contribution in [0, 0.1) is 0 Å². The highest BCUT2D eigenvalue weighted by Gasteiger charge is 2.12. The van der Waals surface area contributed by atoms with Gasteiger partial charge in [-0.2, -0.15) is 0 Å². The van der Waals surface area contributed by atoms with Gasteiger partial charge < -0.3 is 25.1 Å². The molecule has 8 heteroatoms. The van der Waals surface area contributed by atoms with Crippen molar-refractivity contribution in [3.8, 4) is 5.75 Å². The maximum atomic E-state index is 11.5. The summed E-state index contributed by atoms with van der Waals surface area (Å²) in [5.74, 6) is 0.494. The number of aliphatic hydroxyl groups is 1. The fraction of sp³-hybridized carbons (Fsp3) is 0.206. The van der Waals surface area contributed by atoms with Gasteiger partial charge in [-0.3, -0.25) is 0 Å². The Hall–Kier alpha value is -4.37. The van der Waals surface area contributed by atoms with Crippen molar-refractivity contribution < 1.29 is 24.2 Å². The van der Waals surface area contributed by atoms with Gasteiger partial charge in [-0.25, -0.2) is 9.78 Å². The molecule has 0 saturated carbocycles. The Kier molecular flexibility index (Phi) is 12.9. The van der Waals surface area contributed by atoms with Crippen molar-refractivity contribution in [3.63, 3.8) is 0 Å². The summed E-state index contributed by atoms with van der Waals surface area (Å²) >= 11 is 1.54. The first kappa shape index (κ1) is 32.1. The summed E-state index contributed by atoms with van der Waals surface area (Å²) in [6.45, 7) is 4.19. The maximum absolute atomic E-state index is 11.5. The van der Waals surface area contributed by atoms with Gasteiger partial charge in [-0.15, -0.1) is 11.3 Å². The number of allylic oxidation sites excluding steroid dienone is 2. The van der Waals surface area contributed by atoms with Crippen molar-refractivity contribution in [1.29, 1.82) is 0 Å². The lowest BCUT2D eigenvalue weighted by atomic mass is 10.1. The van der Waals surface area contributed by atoms with Crippen LogP contribution in [0.1, 0.15) is 53.4 Å². The molecule has 2 atom stereocenters. The monoisotopic (exact) mass is 584 g/mol. The lowest BCUT2D eigenvalue weighted by Crippen LogP contribution is -2.13. The number of aldehydes is 1. The van der Waals surface area contributed by atoms with E-state index in [1.807, 2.05) is 79.0 Å². The Morgan fingerprint density at radius 1 is 0.976 bits per heavy atom. The van der Waals surface area contributed by atoms with Gasteiger partial charge in [0.25, 0.3) is 0 Å². The van der Waals surface area contributed by atoms with E-state index in [2.05, 4.69) is 4.98 Å². The molecule has 0 spiro atoms. The van der Waals surface area contributed by atoms with E-state index in [0.29, 0.717) is 30.5 Å². The molecule has 4 rings (SSSR count). The summed E-state index contributed by atoms with van der Waals surface area (Å²) in [5.41, 5.74) is 11.6. The van der Waals surface area contributed by atoms with Crippen LogP contribution in [0.3, 0.4) is 0 Å². The van der Waals surface area contributed by atoms with Gasteiger partial charge in [0.15, 0.2) is 6.29 Å². The topological polar surface area (TPSA) is 112 Å². The molecule has 1 unspecified atom stereocenters. The molecule has 0 aliphatic carbocycles. The molecule has 3 N–H and O–H groups in total. The summed E-state index contributed by atoms with van der Waals surface area (Å²) in [6, 6.07) is 26.7. The molecular formula is C34H36N2O5S. The number of hydrogen-bond acceptors (Lipinski definition) is 8. The largest absolute Gasteiger partial charge is 0.489 e. The summed E-state index contributed by atoms with van der Waals surface area (Å²) in [4.78, 5) is 26.2. The second kappa shape index (κ2) is 16.8. The third-order valence-electron chi connectivity index (χ3n) is 6.08. The first-order valence-electron chi connectivity index (χ1n) is 13.4. The van der Waals surface area contributed by atoms with E-state index in [0.717, 1.165) is 33.2 Å². The van der Waals surface area contributed by atoms with Crippen molar-refractivity contribution in [2.24, 2.45) is 5.73 Å². The minimum atomic E-state index is -0.971. The minimum Gasteiger partial charge on any atom is -0.489 e. The average Bonchev–Trinajstić information content (AvgIpc) is 3.49. The summed E-state index contributed by atoms with van der Waals surface area (Å²) in [7, 11) is 1.37. The number of rotatable bonds is 11. The summed E-state index contributed by atoms with van der Waals surface area (Å²) in [6.07, 6.45) is 3.94. The van der Waals surface area contributed by atoms with Gasteiger partial charge in [0, 0.05) is 11.0 Å². The number of esters is 1. The number of aliphatic hydroxyl groups excluding tert-OH is 1. The van der Waals surface area contributed by atoms with Gasteiger partial charge in [0.1, 0.15) is 23.5 Å². The predicted molar refractivity (Wildman–Crippen MR) is 167 cm³/mol. The minimum absolute atomic E-state index is 0.189. The van der Waals surface area contributed by atoms with E-state index in [9.17, 15) is 9.59 Å². The van der Waals surface area contributed by atoms with E-state index in [1.165, 1.54) is 18.4 Å². The highest BCUT2D eigenvalue weighted by atomic mass is 32.1. The third kappa shape index (κ3) is 10.6. The Balaban J connectivity index is 0.000000408. The van der Waals surface area contributed by atoms with Crippen molar-refractivity contribution in [2.45, 2.75) is 39.0 Å². The number of methoxy groups -OCH3 is 1. The first-order valence-corrected chi connectivity index (χ1v) is 14.3. The number of aromatic nitrogens is 1. The molecule has 42 heavy (non-hydrogen) atoms. The molecule has 218 valence electrons. The fourth-order valence-electron chi connectivity index (χ4n) is 3.91. The lowest BCUT2D eigenvalue weighted by Gasteiger charge is -2.10. The molecule has 0 radical (unpaired) electrons. The summed E-state index contributed by atoms with van der Waals surface area (Å²) in [5, 5.41) is 11.8. The van der Waals surface area contributed by atoms with Gasteiger partial charge in [0.2, 0.25) is 0 Å². The van der Waals surface area contributed by atoms with Crippen LogP contribution in [0.5, 0.6) is 5.75 Å². The molecule has 7 nitrogen and oxygen atoms in total. The average molecular weight is 585 g/mol. The Morgan fingerprint density at radius 2 is 1.62 bits per heavy atom. The lowest BCUT2D eigenvalue weighted by molar-refractivity contribution is -0.136. The molecule has 0 aliphatic rings. The molecule has 4 aromatic rings. The second-order valence-corrected chi connectivity index (χ2v) is 10.4. The van der Waals surface area contributed by atoms with E-state index < -0.39 is 6.10 Å². The Labute approximate surface area is 251 Å². The molecule has 0 aliphatic heterocycles. The number of benzene rings is 3. The maximum Gasteiger partial charge on any atom is 0.333 e. The van der Waals surface area contributed by atoms with Crippen LogP contribution in [0.4, 0.5) is 0 Å². The zero-order valence-electron chi connectivity index (χ0n) is 24.0. The molecule has 1 aromatic heterocycles. The standard InChI is InChI=1S/C26H28N2O3S.C8H8O2/c1-18(13-19(2)26(29)30-3)14-22-17-32-25(28-22)24(27)15-20-9-11-23(12-10-20)31-16-21-7-5-4-6-8-21;9-6-8(10)7-4-2-1-3-5-7/h4-14,17,24H,15-16,27H2,1-3H3;1-6,8,10H/b18-14+,19-13-;/t24-;/m0./s1. The number of carbonyl (C=O) groups is 2. The van der Waals surface area contributed by atoms with E-state index in [4.69, 9.17) is 20.3 Å². The molecule has 1 heterocycles. The number of hydrogen-bond donors (Lipinski definition) is 2. The molecule has 0 saturated heterocycles. The van der Waals surface area contributed by atoms with Crippen molar-refractivity contribution in [1.82, 2.24) is 4.98 Å². The van der Waals surface area contributed by atoms with Crippen molar-refractivity contribution in [2.75, 3.05) is 7.11 Å². The number of carbonyl (C=O) groups excluding carboxylic acids is 2. The van der Waals surface area contributed by atoms with Crippen LogP contribution in [0.25, 0.3) is 6.08 Å². The second-order valence-electron chi connectivity index (χ2n) is 9.54. The Bertz CT molecular complexity index is 1460.